The topological polar surface area (TPSA) is 105 Å². The third-order valence-corrected chi connectivity index (χ3v) is 10.0. The number of methoxy groups -OCH3 is 2. The minimum atomic E-state index is -4.27. The van der Waals surface area contributed by atoms with Gasteiger partial charge in [-0.2, -0.15) is 0 Å². The Bertz CT molecular complexity index is 1800. The lowest BCUT2D eigenvalue weighted by molar-refractivity contribution is -0.140. The van der Waals surface area contributed by atoms with Gasteiger partial charge in [-0.1, -0.05) is 73.2 Å². The molecule has 0 aromatic heterocycles. The summed E-state index contributed by atoms with van der Waals surface area (Å²) in [7, 11) is -1.26. The van der Waals surface area contributed by atoms with Gasteiger partial charge in [-0.05, 0) is 80.3 Å². The third-order valence-electron chi connectivity index (χ3n) is 8.25. The highest BCUT2D eigenvalue weighted by Gasteiger charge is 2.36. The Labute approximate surface area is 284 Å². The van der Waals surface area contributed by atoms with Gasteiger partial charge in [-0.25, -0.2) is 8.42 Å². The van der Waals surface area contributed by atoms with Crippen LogP contribution in [0.25, 0.3) is 0 Å². The first-order valence-corrected chi connectivity index (χ1v) is 17.4. The predicted octanol–water partition coefficient (Wildman–Crippen LogP) is 6.07. The van der Waals surface area contributed by atoms with Gasteiger partial charge >= 0.3 is 0 Å². The fraction of sp³-hybridized carbons (Fsp3) is 0.316. The number of rotatable bonds is 15. The Balaban J connectivity index is 1.87. The van der Waals surface area contributed by atoms with Crippen molar-refractivity contribution in [1.82, 2.24) is 10.2 Å². The molecule has 4 aromatic rings. The van der Waals surface area contributed by atoms with E-state index in [1.807, 2.05) is 76.2 Å². The van der Waals surface area contributed by atoms with Gasteiger partial charge < -0.3 is 19.7 Å². The summed E-state index contributed by atoms with van der Waals surface area (Å²) in [4.78, 5) is 30.3. The molecule has 0 saturated heterocycles. The van der Waals surface area contributed by atoms with Crippen molar-refractivity contribution >= 4 is 27.5 Å². The number of nitrogens with zero attached hydrogens (tertiary/aromatic N) is 2. The molecule has 10 heteroatoms. The van der Waals surface area contributed by atoms with Crippen LogP contribution in [-0.2, 0) is 32.6 Å². The Morgan fingerprint density at radius 2 is 1.48 bits per heavy atom. The second kappa shape index (κ2) is 16.3. The summed E-state index contributed by atoms with van der Waals surface area (Å²) in [5.41, 5.74) is 3.47. The summed E-state index contributed by atoms with van der Waals surface area (Å²) in [5, 5.41) is 3.06. The van der Waals surface area contributed by atoms with Crippen LogP contribution in [-0.4, -0.2) is 58.0 Å². The zero-order valence-electron chi connectivity index (χ0n) is 28.5. The van der Waals surface area contributed by atoms with Crippen molar-refractivity contribution < 1.29 is 27.5 Å². The zero-order valence-corrected chi connectivity index (χ0v) is 29.3. The number of hydrogen-bond acceptors (Lipinski definition) is 6. The lowest BCUT2D eigenvalue weighted by Crippen LogP contribution is -2.54. The summed E-state index contributed by atoms with van der Waals surface area (Å²) >= 11 is 0. The molecule has 0 aliphatic rings. The summed E-state index contributed by atoms with van der Waals surface area (Å²) in [6, 6.07) is 27.3. The summed E-state index contributed by atoms with van der Waals surface area (Å²) in [5.74, 6) is -0.00163. The van der Waals surface area contributed by atoms with Gasteiger partial charge in [-0.15, -0.1) is 0 Å². The lowest BCUT2D eigenvalue weighted by atomic mass is 10.0. The standard InChI is InChI=1S/C38H45N3O6S/c1-7-29(4)39-38(43)35(24-30-12-9-8-10-13-30)40(25-31-14-11-15-32(23-31)46-5)37(42)26-41(34-22-28(3)18-21-36(34)47-6)48(44,45)33-19-16-27(2)17-20-33/h8-23,29,35H,7,24-26H2,1-6H3,(H,39,43). The van der Waals surface area contributed by atoms with Gasteiger partial charge in [0.1, 0.15) is 24.1 Å². The molecule has 0 radical (unpaired) electrons. The first kappa shape index (κ1) is 36.0. The van der Waals surface area contributed by atoms with E-state index in [1.54, 1.807) is 43.5 Å². The van der Waals surface area contributed by atoms with Crippen LogP contribution in [0.1, 0.15) is 42.5 Å². The molecule has 254 valence electrons. The molecule has 0 fully saturated rings. The number of anilines is 1. The summed E-state index contributed by atoms with van der Waals surface area (Å²) < 4.78 is 40.9. The van der Waals surface area contributed by atoms with Crippen molar-refractivity contribution in [3.05, 3.63) is 119 Å². The monoisotopic (exact) mass is 671 g/mol. The second-order valence-electron chi connectivity index (χ2n) is 11.9. The van der Waals surface area contributed by atoms with Crippen LogP contribution in [0.15, 0.2) is 102 Å². The van der Waals surface area contributed by atoms with Crippen molar-refractivity contribution in [2.24, 2.45) is 0 Å². The van der Waals surface area contributed by atoms with Crippen LogP contribution in [0, 0.1) is 13.8 Å². The highest BCUT2D eigenvalue weighted by atomic mass is 32.2. The molecule has 4 rings (SSSR count). The maximum absolute atomic E-state index is 14.8. The maximum Gasteiger partial charge on any atom is 0.264 e. The van der Waals surface area contributed by atoms with Gasteiger partial charge in [0.2, 0.25) is 11.8 Å². The highest BCUT2D eigenvalue weighted by Crippen LogP contribution is 2.34. The molecule has 2 amide bonds. The van der Waals surface area contributed by atoms with Gasteiger partial charge in [0.05, 0.1) is 24.8 Å². The smallest absolute Gasteiger partial charge is 0.264 e. The number of aryl methyl sites for hydroxylation is 2. The van der Waals surface area contributed by atoms with Crippen LogP contribution in [0.5, 0.6) is 11.5 Å². The number of hydrogen-bond donors (Lipinski definition) is 1. The molecule has 48 heavy (non-hydrogen) atoms. The number of sulfonamides is 1. The molecular formula is C38H45N3O6S. The van der Waals surface area contributed by atoms with E-state index in [1.165, 1.54) is 24.1 Å². The van der Waals surface area contributed by atoms with Crippen LogP contribution >= 0.6 is 0 Å². The molecule has 4 aromatic carbocycles. The molecule has 0 aliphatic heterocycles. The van der Waals surface area contributed by atoms with Crippen LogP contribution < -0.4 is 19.1 Å². The van der Waals surface area contributed by atoms with E-state index in [0.717, 1.165) is 26.6 Å². The number of carbonyl (C=O) groups is 2. The summed E-state index contributed by atoms with van der Waals surface area (Å²) in [6.07, 6.45) is 0.917. The molecule has 0 bridgehead atoms. The molecule has 0 saturated carbocycles. The number of amides is 2. The average molecular weight is 672 g/mol. The van der Waals surface area contributed by atoms with Gasteiger partial charge in [-0.3, -0.25) is 13.9 Å². The van der Waals surface area contributed by atoms with Crippen molar-refractivity contribution in [2.75, 3.05) is 25.1 Å². The van der Waals surface area contributed by atoms with Crippen molar-refractivity contribution in [3.8, 4) is 11.5 Å². The van der Waals surface area contributed by atoms with E-state index < -0.39 is 28.5 Å². The van der Waals surface area contributed by atoms with E-state index in [4.69, 9.17) is 9.47 Å². The number of nitrogens with one attached hydrogen (secondary N) is 1. The molecular weight excluding hydrogens is 627 g/mol. The molecule has 0 aliphatic carbocycles. The maximum atomic E-state index is 14.8. The highest BCUT2D eigenvalue weighted by molar-refractivity contribution is 7.92. The second-order valence-corrected chi connectivity index (χ2v) is 13.8. The van der Waals surface area contributed by atoms with Gasteiger partial charge in [0.25, 0.3) is 10.0 Å². The van der Waals surface area contributed by atoms with Crippen molar-refractivity contribution in [2.45, 2.75) is 64.1 Å². The fourth-order valence-electron chi connectivity index (χ4n) is 5.31. The lowest BCUT2D eigenvalue weighted by Gasteiger charge is -2.34. The average Bonchev–Trinajstić information content (AvgIpc) is 3.09. The molecule has 9 nitrogen and oxygen atoms in total. The van der Waals surface area contributed by atoms with E-state index >= 15 is 0 Å². The van der Waals surface area contributed by atoms with Crippen molar-refractivity contribution in [1.29, 1.82) is 0 Å². The van der Waals surface area contributed by atoms with Crippen molar-refractivity contribution in [3.63, 3.8) is 0 Å². The number of carbonyl (C=O) groups excluding carboxylic acids is 2. The Kier molecular flexibility index (Phi) is 12.2. The van der Waals surface area contributed by atoms with Crippen LogP contribution in [0.4, 0.5) is 5.69 Å². The molecule has 2 unspecified atom stereocenters. The number of benzene rings is 4. The molecule has 0 spiro atoms. The Morgan fingerprint density at radius 3 is 2.12 bits per heavy atom. The minimum absolute atomic E-state index is 0.0270. The first-order chi connectivity index (χ1) is 23.0. The third kappa shape index (κ3) is 8.95. The normalized spacial score (nSPS) is 12.5. The quantitative estimate of drug-likeness (QED) is 0.165. The van der Waals surface area contributed by atoms with Crippen LogP contribution in [0.2, 0.25) is 0 Å². The molecule has 2 atom stereocenters. The molecule has 0 heterocycles. The van der Waals surface area contributed by atoms with Crippen LogP contribution in [0.3, 0.4) is 0 Å². The van der Waals surface area contributed by atoms with E-state index in [0.29, 0.717) is 17.9 Å². The SMILES string of the molecule is CCC(C)NC(=O)C(Cc1ccccc1)N(Cc1cccc(OC)c1)C(=O)CN(c1cc(C)ccc1OC)S(=O)(=O)c1ccc(C)cc1. The Hall–Kier alpha value is -4.83. The van der Waals surface area contributed by atoms with Gasteiger partial charge in [0, 0.05) is 19.0 Å². The first-order valence-electron chi connectivity index (χ1n) is 16.0. The fourth-order valence-corrected chi connectivity index (χ4v) is 6.72. The number of ether oxygens (including phenoxy) is 2. The molecule has 1 N–H and O–H groups in total. The van der Waals surface area contributed by atoms with E-state index in [2.05, 4.69) is 5.32 Å². The minimum Gasteiger partial charge on any atom is -0.497 e. The Morgan fingerprint density at radius 1 is 0.812 bits per heavy atom. The van der Waals surface area contributed by atoms with Gasteiger partial charge in [0.15, 0.2) is 0 Å². The largest absolute Gasteiger partial charge is 0.497 e. The summed E-state index contributed by atoms with van der Waals surface area (Å²) in [6.45, 7) is 7.04. The van der Waals surface area contributed by atoms with E-state index in [9.17, 15) is 18.0 Å². The predicted molar refractivity (Wildman–Crippen MR) is 189 cm³/mol. The zero-order chi connectivity index (χ0) is 34.8. The van der Waals surface area contributed by atoms with E-state index in [-0.39, 0.29) is 35.5 Å².